The largest absolute Gasteiger partial charge is 0.457 e. The molecule has 0 amide bonds. The smallest absolute Gasteiger partial charge is 0.309 e. The van der Waals surface area contributed by atoms with E-state index in [2.05, 4.69) is 4.98 Å². The van der Waals surface area contributed by atoms with E-state index in [0.717, 1.165) is 16.3 Å². The van der Waals surface area contributed by atoms with Crippen LogP contribution in [0.5, 0.6) is 0 Å². The molecular formula is C26H37NO5S. The van der Waals surface area contributed by atoms with Crippen LogP contribution in [0, 0.1) is 24.2 Å². The Morgan fingerprint density at radius 1 is 1.18 bits per heavy atom. The predicted octanol–water partition coefficient (Wildman–Crippen LogP) is 4.65. The number of thiazole rings is 1. The molecule has 5 atom stereocenters. The van der Waals surface area contributed by atoms with Crippen LogP contribution in [0.1, 0.15) is 64.6 Å². The third kappa shape index (κ3) is 7.45. The van der Waals surface area contributed by atoms with Gasteiger partial charge in [-0.3, -0.25) is 9.59 Å². The molecule has 1 aromatic rings. The molecule has 0 saturated carbocycles. The third-order valence-electron chi connectivity index (χ3n) is 6.37. The summed E-state index contributed by atoms with van der Waals surface area (Å²) in [6.07, 6.45) is 7.77. The van der Waals surface area contributed by atoms with Gasteiger partial charge >= 0.3 is 5.97 Å². The van der Waals surface area contributed by atoms with Crippen molar-refractivity contribution < 1.29 is 24.5 Å². The molecule has 0 aromatic carbocycles. The average Bonchev–Trinajstić information content (AvgIpc) is 3.16. The van der Waals surface area contributed by atoms with E-state index in [9.17, 15) is 19.8 Å². The topological polar surface area (TPSA) is 96.7 Å². The number of hydrogen-bond donors (Lipinski definition) is 2. The monoisotopic (exact) mass is 475 g/mol. The number of carbonyl (C=O) groups is 2. The zero-order chi connectivity index (χ0) is 24.8. The maximum Gasteiger partial charge on any atom is 0.309 e. The van der Waals surface area contributed by atoms with E-state index >= 15 is 0 Å². The van der Waals surface area contributed by atoms with Gasteiger partial charge in [0.05, 0.1) is 34.7 Å². The number of carbonyl (C=O) groups excluding carboxylic acids is 2. The zero-order valence-electron chi connectivity index (χ0n) is 20.4. The first kappa shape index (κ1) is 27.2. The maximum atomic E-state index is 13.1. The number of ketones is 1. The quantitative estimate of drug-likeness (QED) is 0.604. The summed E-state index contributed by atoms with van der Waals surface area (Å²) >= 11 is 1.55. The molecule has 0 spiro atoms. The Hall–Kier alpha value is -2.09. The van der Waals surface area contributed by atoms with E-state index in [1.165, 1.54) is 0 Å². The highest BCUT2D eigenvalue weighted by molar-refractivity contribution is 7.09. The minimum Gasteiger partial charge on any atom is -0.457 e. The minimum absolute atomic E-state index is 0.126. The lowest BCUT2D eigenvalue weighted by molar-refractivity contribution is -0.154. The van der Waals surface area contributed by atoms with Gasteiger partial charge in [-0.05, 0) is 37.8 Å². The van der Waals surface area contributed by atoms with Crippen molar-refractivity contribution in [3.8, 4) is 0 Å². The van der Waals surface area contributed by atoms with Crippen LogP contribution in [0.4, 0.5) is 0 Å². The molecule has 7 heteroatoms. The summed E-state index contributed by atoms with van der Waals surface area (Å²) in [5.74, 6) is -1.64. The lowest BCUT2D eigenvalue weighted by Crippen LogP contribution is -2.45. The molecular weight excluding hydrogens is 438 g/mol. The summed E-state index contributed by atoms with van der Waals surface area (Å²) in [4.78, 5) is 30.3. The van der Waals surface area contributed by atoms with E-state index in [1.54, 1.807) is 32.1 Å². The van der Waals surface area contributed by atoms with E-state index < -0.39 is 35.6 Å². The van der Waals surface area contributed by atoms with Crippen LogP contribution >= 0.6 is 11.3 Å². The van der Waals surface area contributed by atoms with E-state index in [4.69, 9.17) is 4.74 Å². The number of ether oxygens (including phenoxy) is 1. The van der Waals surface area contributed by atoms with Crippen LogP contribution in [0.2, 0.25) is 0 Å². The van der Waals surface area contributed by atoms with Gasteiger partial charge in [-0.1, -0.05) is 52.0 Å². The van der Waals surface area contributed by atoms with E-state index in [1.807, 2.05) is 56.5 Å². The van der Waals surface area contributed by atoms with Crippen LogP contribution < -0.4 is 0 Å². The fourth-order valence-corrected chi connectivity index (χ4v) is 4.48. The SMILES string of the molecule is C/C(=C\c1csc(C)n1)C1C/C=C\C=C\C[C@H](C)[C@H](O)[C@@H](C)C(=O)C(C)(C)[C@@H](O)CC(=O)O1. The summed E-state index contributed by atoms with van der Waals surface area (Å²) in [5, 5.41) is 24.3. The number of aryl methyl sites for hydroxylation is 1. The van der Waals surface area contributed by atoms with Crippen molar-refractivity contribution in [2.24, 2.45) is 17.3 Å². The van der Waals surface area contributed by atoms with Crippen molar-refractivity contribution in [2.45, 2.75) is 79.1 Å². The molecule has 1 aliphatic heterocycles. The van der Waals surface area contributed by atoms with Crippen molar-refractivity contribution in [1.29, 1.82) is 0 Å². The molecule has 182 valence electrons. The number of esters is 1. The Kier molecular flexibility index (Phi) is 9.76. The van der Waals surface area contributed by atoms with Gasteiger partial charge in [-0.2, -0.15) is 0 Å². The fraction of sp³-hybridized carbons (Fsp3) is 0.577. The average molecular weight is 476 g/mol. The number of Topliss-reactive ketones (excluding diaryl/α,β-unsaturated/α-hetero) is 1. The fourth-order valence-electron chi connectivity index (χ4n) is 3.91. The summed E-state index contributed by atoms with van der Waals surface area (Å²) < 4.78 is 5.73. The van der Waals surface area contributed by atoms with Crippen LogP contribution in [0.25, 0.3) is 6.08 Å². The number of aliphatic hydroxyl groups is 2. The second-order valence-corrected chi connectivity index (χ2v) is 10.6. The Labute approximate surface area is 201 Å². The number of cyclic esters (lactones) is 1. The molecule has 2 N–H and O–H groups in total. The molecule has 2 rings (SSSR count). The van der Waals surface area contributed by atoms with Crippen LogP contribution in [0.15, 0.2) is 35.3 Å². The Morgan fingerprint density at radius 2 is 1.82 bits per heavy atom. The second kappa shape index (κ2) is 11.9. The van der Waals surface area contributed by atoms with Gasteiger partial charge in [-0.15, -0.1) is 11.3 Å². The van der Waals surface area contributed by atoms with Crippen LogP contribution in [-0.4, -0.2) is 45.3 Å². The molecule has 1 aliphatic rings. The van der Waals surface area contributed by atoms with Crippen molar-refractivity contribution >= 4 is 29.2 Å². The standard InChI is InChI=1S/C26H37NO5S/c1-16-11-9-7-8-10-12-21(17(2)13-20-15-33-19(4)27-20)32-23(29)14-22(28)26(5,6)25(31)18(3)24(16)30/h7-10,13,15-16,18,21-22,24,28,30H,11-12,14H2,1-6H3/b9-7+,10-8-,17-13+/t16-,18+,21?,22-,24-/m0/s1. The van der Waals surface area contributed by atoms with Gasteiger partial charge in [0.25, 0.3) is 0 Å². The molecule has 1 aromatic heterocycles. The molecule has 0 radical (unpaired) electrons. The normalized spacial score (nSPS) is 32.2. The molecule has 33 heavy (non-hydrogen) atoms. The first-order valence-corrected chi connectivity index (χ1v) is 12.3. The molecule has 0 fully saturated rings. The lowest BCUT2D eigenvalue weighted by atomic mass is 9.73. The van der Waals surface area contributed by atoms with Gasteiger partial charge in [0.2, 0.25) is 0 Å². The maximum absolute atomic E-state index is 13.1. The van der Waals surface area contributed by atoms with E-state index in [-0.39, 0.29) is 18.1 Å². The van der Waals surface area contributed by atoms with Crippen LogP contribution in [-0.2, 0) is 14.3 Å². The Bertz CT molecular complexity index is 914. The molecule has 2 heterocycles. The second-order valence-electron chi connectivity index (χ2n) is 9.55. The van der Waals surface area contributed by atoms with Gasteiger partial charge in [0.15, 0.2) is 0 Å². The highest BCUT2D eigenvalue weighted by atomic mass is 32.1. The van der Waals surface area contributed by atoms with Gasteiger partial charge in [-0.25, -0.2) is 4.98 Å². The molecule has 0 saturated heterocycles. The van der Waals surface area contributed by atoms with Gasteiger partial charge in [0.1, 0.15) is 11.9 Å². The summed E-state index contributed by atoms with van der Waals surface area (Å²) in [5.41, 5.74) is 0.457. The Morgan fingerprint density at radius 3 is 2.42 bits per heavy atom. The molecule has 6 nitrogen and oxygen atoms in total. The molecule has 1 unspecified atom stereocenters. The van der Waals surface area contributed by atoms with Crippen molar-refractivity contribution in [1.82, 2.24) is 4.98 Å². The molecule has 0 bridgehead atoms. The van der Waals surface area contributed by atoms with Crippen molar-refractivity contribution in [3.63, 3.8) is 0 Å². The van der Waals surface area contributed by atoms with Crippen molar-refractivity contribution in [3.05, 3.63) is 46.0 Å². The Balaban J connectivity index is 2.32. The van der Waals surface area contributed by atoms with Gasteiger partial charge < -0.3 is 14.9 Å². The summed E-state index contributed by atoms with van der Waals surface area (Å²) in [7, 11) is 0. The number of aromatic nitrogens is 1. The van der Waals surface area contributed by atoms with E-state index in [0.29, 0.717) is 12.8 Å². The number of nitrogens with zero attached hydrogens (tertiary/aromatic N) is 1. The highest BCUT2D eigenvalue weighted by Gasteiger charge is 2.42. The van der Waals surface area contributed by atoms with Crippen LogP contribution in [0.3, 0.4) is 0 Å². The number of hydrogen-bond acceptors (Lipinski definition) is 7. The summed E-state index contributed by atoms with van der Waals surface area (Å²) in [6, 6.07) is 0. The first-order valence-electron chi connectivity index (χ1n) is 11.4. The third-order valence-corrected chi connectivity index (χ3v) is 7.16. The molecule has 0 aliphatic carbocycles. The minimum atomic E-state index is -1.23. The predicted molar refractivity (Wildman–Crippen MR) is 132 cm³/mol. The van der Waals surface area contributed by atoms with Gasteiger partial charge in [0, 0.05) is 17.7 Å². The summed E-state index contributed by atoms with van der Waals surface area (Å²) in [6.45, 7) is 10.6. The zero-order valence-corrected chi connectivity index (χ0v) is 21.3. The number of rotatable bonds is 2. The number of allylic oxidation sites excluding steroid dienone is 3. The lowest BCUT2D eigenvalue weighted by Gasteiger charge is -2.34. The first-order chi connectivity index (χ1) is 15.4. The number of aliphatic hydroxyl groups excluding tert-OH is 2. The highest BCUT2D eigenvalue weighted by Crippen LogP contribution is 2.32. The van der Waals surface area contributed by atoms with Crippen molar-refractivity contribution in [2.75, 3.05) is 0 Å².